The largest absolute Gasteiger partial charge is 0.392 e. The number of rotatable bonds is 7. The Morgan fingerprint density at radius 1 is 0.897 bits per heavy atom. The first-order valence-corrected chi connectivity index (χ1v) is 9.51. The van der Waals surface area contributed by atoms with Crippen molar-refractivity contribution in [2.45, 2.75) is 6.61 Å². The van der Waals surface area contributed by atoms with E-state index in [0.29, 0.717) is 76.3 Å². The number of nitrogens with one attached hydrogen (secondary N) is 3. The Morgan fingerprint density at radius 3 is 2.00 bits per heavy atom. The lowest BCUT2D eigenvalue weighted by Crippen LogP contribution is -2.26. The van der Waals surface area contributed by atoms with E-state index in [1.807, 2.05) is 0 Å². The van der Waals surface area contributed by atoms with E-state index in [4.69, 9.17) is 11.5 Å². The van der Waals surface area contributed by atoms with E-state index in [1.54, 1.807) is 30.5 Å². The maximum atomic E-state index is 13.5. The minimum atomic E-state index is -0.238. The Hall–Kier alpha value is -3.20. The number of nitrogens with two attached hydrogens (primary N) is 2. The van der Waals surface area contributed by atoms with Crippen LogP contribution >= 0.6 is 0 Å². The van der Waals surface area contributed by atoms with Crippen LogP contribution in [0.3, 0.4) is 0 Å². The third kappa shape index (κ3) is 2.89. The maximum absolute atomic E-state index is 13.5. The highest BCUT2D eigenvalue weighted by molar-refractivity contribution is 6.35. The van der Waals surface area contributed by atoms with Crippen LogP contribution in [0, 0.1) is 0 Å². The van der Waals surface area contributed by atoms with E-state index in [2.05, 4.69) is 15.6 Å². The first kappa shape index (κ1) is 19.1. The van der Waals surface area contributed by atoms with E-state index in [-0.39, 0.29) is 18.2 Å². The lowest BCUT2D eigenvalue weighted by atomic mass is 9.81. The molecule has 0 atom stereocenters. The molecule has 150 valence electrons. The molecule has 0 spiro atoms. The molecule has 2 aromatic carbocycles. The first-order valence-electron chi connectivity index (χ1n) is 9.51. The summed E-state index contributed by atoms with van der Waals surface area (Å²) in [7, 11) is 0. The number of H-pyrrole nitrogens is 1. The van der Waals surface area contributed by atoms with Crippen molar-refractivity contribution in [2.24, 2.45) is 11.5 Å². The topological polar surface area (TPSA) is 146 Å². The number of ketones is 2. The molecule has 1 aliphatic carbocycles. The van der Waals surface area contributed by atoms with Crippen LogP contribution in [0.4, 0.5) is 11.4 Å². The van der Waals surface area contributed by atoms with Crippen LogP contribution in [-0.2, 0) is 6.61 Å². The van der Waals surface area contributed by atoms with Crippen LogP contribution < -0.4 is 22.1 Å². The molecule has 4 rings (SSSR count). The van der Waals surface area contributed by atoms with E-state index >= 15 is 0 Å². The number of aromatic amines is 1. The zero-order valence-electron chi connectivity index (χ0n) is 15.8. The fourth-order valence-corrected chi connectivity index (χ4v) is 3.92. The molecule has 8 nitrogen and oxygen atoms in total. The molecule has 3 aromatic rings. The lowest BCUT2D eigenvalue weighted by Gasteiger charge is -2.25. The van der Waals surface area contributed by atoms with Gasteiger partial charge in [-0.25, -0.2) is 0 Å². The molecule has 0 saturated carbocycles. The van der Waals surface area contributed by atoms with Crippen molar-refractivity contribution < 1.29 is 14.7 Å². The summed E-state index contributed by atoms with van der Waals surface area (Å²) in [6, 6.07) is 6.80. The highest BCUT2D eigenvalue weighted by Crippen LogP contribution is 2.44. The number of hydrogen-bond acceptors (Lipinski definition) is 7. The molecular formula is C21H23N5O3. The van der Waals surface area contributed by atoms with Gasteiger partial charge in [-0.05, 0) is 0 Å². The first-order chi connectivity index (χ1) is 14.1. The number of hydrogen-bond donors (Lipinski definition) is 6. The number of benzene rings is 2. The van der Waals surface area contributed by atoms with Crippen molar-refractivity contribution >= 4 is 33.8 Å². The van der Waals surface area contributed by atoms with E-state index < -0.39 is 0 Å². The van der Waals surface area contributed by atoms with Gasteiger partial charge < -0.3 is 32.2 Å². The van der Waals surface area contributed by atoms with Crippen LogP contribution in [0.25, 0.3) is 10.9 Å². The molecule has 0 saturated heterocycles. The summed E-state index contributed by atoms with van der Waals surface area (Å²) >= 11 is 0. The Morgan fingerprint density at radius 2 is 1.45 bits per heavy atom. The highest BCUT2D eigenvalue weighted by atomic mass is 16.3. The Balaban J connectivity index is 2.11. The fourth-order valence-electron chi connectivity index (χ4n) is 3.92. The molecule has 0 unspecified atom stereocenters. The minimum absolute atomic E-state index is 0.217. The zero-order valence-corrected chi connectivity index (χ0v) is 15.8. The van der Waals surface area contributed by atoms with Crippen molar-refractivity contribution in [3.63, 3.8) is 0 Å². The summed E-state index contributed by atoms with van der Waals surface area (Å²) in [5, 5.41) is 16.9. The Bertz CT molecular complexity index is 1120. The van der Waals surface area contributed by atoms with Gasteiger partial charge in [-0.2, -0.15) is 0 Å². The standard InChI is InChI=1S/C21H23N5O3/c22-5-7-24-17-14-11(10-27)9-26-18(14)19(25-8-6-23)16-15(17)20(28)12-3-1-2-4-13(12)21(16)29/h1-4,9,24-27H,5-8,10,22-23H2. The molecule has 1 aliphatic rings. The van der Waals surface area contributed by atoms with Crippen molar-refractivity contribution in [1.82, 2.24) is 4.98 Å². The minimum Gasteiger partial charge on any atom is -0.392 e. The Kier molecular flexibility index (Phi) is 5.06. The number of carbonyl (C=O) groups is 2. The van der Waals surface area contributed by atoms with E-state index in [9.17, 15) is 14.7 Å². The second-order valence-corrected chi connectivity index (χ2v) is 6.86. The number of anilines is 2. The summed E-state index contributed by atoms with van der Waals surface area (Å²) in [5.74, 6) is -0.468. The fraction of sp³-hybridized carbons (Fsp3) is 0.238. The molecule has 0 radical (unpaired) electrons. The smallest absolute Gasteiger partial charge is 0.196 e. The van der Waals surface area contributed by atoms with Gasteiger partial charge in [0.1, 0.15) is 0 Å². The van der Waals surface area contributed by atoms with Crippen molar-refractivity contribution in [3.8, 4) is 0 Å². The van der Waals surface area contributed by atoms with Crippen LogP contribution in [0.1, 0.15) is 37.4 Å². The molecule has 0 aliphatic heterocycles. The van der Waals surface area contributed by atoms with Gasteiger partial charge in [0.25, 0.3) is 0 Å². The van der Waals surface area contributed by atoms with Crippen LogP contribution in [0.2, 0.25) is 0 Å². The number of fused-ring (bicyclic) bond motifs is 3. The maximum Gasteiger partial charge on any atom is 0.196 e. The predicted molar refractivity (Wildman–Crippen MR) is 113 cm³/mol. The van der Waals surface area contributed by atoms with Gasteiger partial charge in [0.2, 0.25) is 0 Å². The monoisotopic (exact) mass is 393 g/mol. The number of aliphatic hydroxyl groups excluding tert-OH is 1. The zero-order chi connectivity index (χ0) is 20.5. The molecule has 1 heterocycles. The molecule has 8 N–H and O–H groups in total. The van der Waals surface area contributed by atoms with Gasteiger partial charge in [0, 0.05) is 54.5 Å². The number of carbonyl (C=O) groups excluding carboxylic acids is 2. The summed E-state index contributed by atoms with van der Waals surface area (Å²) in [6.45, 7) is 1.33. The van der Waals surface area contributed by atoms with Gasteiger partial charge in [-0.1, -0.05) is 24.3 Å². The number of aliphatic hydroxyl groups is 1. The van der Waals surface area contributed by atoms with Gasteiger partial charge >= 0.3 is 0 Å². The molecule has 0 fully saturated rings. The average Bonchev–Trinajstić information content (AvgIpc) is 3.18. The van der Waals surface area contributed by atoms with Gasteiger partial charge in [0.15, 0.2) is 11.6 Å². The SMILES string of the molecule is NCCNc1c2c(c(NCCN)c3c(CO)c[nH]c13)C(=O)c1ccccc1C2=O. The summed E-state index contributed by atoms with van der Waals surface area (Å²) in [6.07, 6.45) is 1.68. The number of aromatic nitrogens is 1. The summed E-state index contributed by atoms with van der Waals surface area (Å²) < 4.78 is 0. The molecule has 0 amide bonds. The molecule has 29 heavy (non-hydrogen) atoms. The van der Waals surface area contributed by atoms with E-state index in [1.165, 1.54) is 0 Å². The van der Waals surface area contributed by atoms with Gasteiger partial charge in [-0.15, -0.1) is 0 Å². The third-order valence-corrected chi connectivity index (χ3v) is 5.14. The van der Waals surface area contributed by atoms with Gasteiger partial charge in [0.05, 0.1) is 34.6 Å². The highest BCUT2D eigenvalue weighted by Gasteiger charge is 2.36. The van der Waals surface area contributed by atoms with Crippen molar-refractivity contribution in [3.05, 3.63) is 58.3 Å². The lowest BCUT2D eigenvalue weighted by molar-refractivity contribution is 0.0980. The van der Waals surface area contributed by atoms with Crippen LogP contribution in [-0.4, -0.2) is 47.8 Å². The molecule has 8 heteroatoms. The molecule has 0 bridgehead atoms. The van der Waals surface area contributed by atoms with E-state index in [0.717, 1.165) is 0 Å². The van der Waals surface area contributed by atoms with Crippen LogP contribution in [0.15, 0.2) is 30.5 Å². The average molecular weight is 393 g/mol. The van der Waals surface area contributed by atoms with Crippen molar-refractivity contribution in [2.75, 3.05) is 36.8 Å². The predicted octanol–water partition coefficient (Wildman–Crippen LogP) is 1.18. The molecule has 1 aromatic heterocycles. The van der Waals surface area contributed by atoms with Gasteiger partial charge in [-0.3, -0.25) is 9.59 Å². The molecular weight excluding hydrogens is 370 g/mol. The second kappa shape index (κ2) is 7.67. The van der Waals surface area contributed by atoms with Crippen LogP contribution in [0.5, 0.6) is 0 Å². The second-order valence-electron chi connectivity index (χ2n) is 6.86. The summed E-state index contributed by atoms with van der Waals surface area (Å²) in [4.78, 5) is 30.1. The van der Waals surface area contributed by atoms with Crippen molar-refractivity contribution in [1.29, 1.82) is 0 Å². The Labute approximate surface area is 167 Å². The summed E-state index contributed by atoms with van der Waals surface area (Å²) in [5.41, 5.74) is 15.0. The quantitative estimate of drug-likeness (QED) is 0.258. The third-order valence-electron chi connectivity index (χ3n) is 5.14. The normalized spacial score (nSPS) is 12.8.